The van der Waals surface area contributed by atoms with E-state index in [-0.39, 0.29) is 30.7 Å². The van der Waals surface area contributed by atoms with Gasteiger partial charge in [-0.3, -0.25) is 9.78 Å². The van der Waals surface area contributed by atoms with Crippen LogP contribution in [0.1, 0.15) is 18.5 Å². The fraction of sp³-hybridized carbons (Fsp3) is 0.538. The first-order valence-electron chi connectivity index (χ1n) is 6.16. The zero-order valence-corrected chi connectivity index (χ0v) is 13.3. The van der Waals surface area contributed by atoms with Gasteiger partial charge in [0.1, 0.15) is 5.60 Å². The lowest BCUT2D eigenvalue weighted by atomic mass is 9.91. The van der Waals surface area contributed by atoms with E-state index in [1.807, 2.05) is 13.0 Å². The van der Waals surface area contributed by atoms with Crippen molar-refractivity contribution in [2.24, 2.45) is 0 Å². The second kappa shape index (κ2) is 8.42. The number of carbonyl (C=O) groups excluding carboxylic acids is 1. The average Bonchev–Trinajstić information content (AvgIpc) is 2.39. The molecule has 0 atom stereocenters. The summed E-state index contributed by atoms with van der Waals surface area (Å²) in [4.78, 5) is 16.5. The molecule has 2 heterocycles. The first-order chi connectivity index (χ1) is 8.66. The SMILES string of the molecule is COC1(C(=O)Nc2ccnc(C)c2)CCNCC1.Cl.Cl. The number of carbonyl (C=O) groups is 1. The van der Waals surface area contributed by atoms with Gasteiger partial charge in [-0.2, -0.15) is 0 Å². The molecule has 7 heteroatoms. The zero-order chi connectivity index (χ0) is 13.0. The van der Waals surface area contributed by atoms with Gasteiger partial charge in [0.05, 0.1) is 0 Å². The lowest BCUT2D eigenvalue weighted by Crippen LogP contribution is -2.51. The molecule has 0 radical (unpaired) electrons. The van der Waals surface area contributed by atoms with Crippen LogP contribution in [0.15, 0.2) is 18.3 Å². The third kappa shape index (κ3) is 4.31. The van der Waals surface area contributed by atoms with Crippen LogP contribution in [-0.4, -0.2) is 36.7 Å². The second-order valence-electron chi connectivity index (χ2n) is 4.59. The van der Waals surface area contributed by atoms with Gasteiger partial charge in [-0.05, 0) is 45.0 Å². The molecule has 0 unspecified atom stereocenters. The van der Waals surface area contributed by atoms with E-state index in [4.69, 9.17) is 4.74 Å². The van der Waals surface area contributed by atoms with Gasteiger partial charge >= 0.3 is 0 Å². The lowest BCUT2D eigenvalue weighted by molar-refractivity contribution is -0.140. The van der Waals surface area contributed by atoms with Gasteiger partial charge < -0.3 is 15.4 Å². The predicted molar refractivity (Wildman–Crippen MR) is 83.9 cm³/mol. The van der Waals surface area contributed by atoms with E-state index in [0.717, 1.165) is 24.5 Å². The highest BCUT2D eigenvalue weighted by molar-refractivity contribution is 5.97. The normalized spacial score (nSPS) is 16.5. The van der Waals surface area contributed by atoms with Crippen LogP contribution in [0.5, 0.6) is 0 Å². The third-order valence-electron chi connectivity index (χ3n) is 3.37. The summed E-state index contributed by atoms with van der Waals surface area (Å²) in [7, 11) is 1.60. The summed E-state index contributed by atoms with van der Waals surface area (Å²) in [5.74, 6) is -0.0721. The molecule has 1 aromatic heterocycles. The molecular formula is C13H21Cl2N3O2. The Hall–Kier alpha value is -0.880. The summed E-state index contributed by atoms with van der Waals surface area (Å²) >= 11 is 0. The highest BCUT2D eigenvalue weighted by atomic mass is 35.5. The number of hydrogen-bond acceptors (Lipinski definition) is 4. The van der Waals surface area contributed by atoms with E-state index < -0.39 is 5.60 Å². The van der Waals surface area contributed by atoms with Gasteiger partial charge in [-0.1, -0.05) is 0 Å². The molecule has 5 nitrogen and oxygen atoms in total. The zero-order valence-electron chi connectivity index (χ0n) is 11.6. The maximum Gasteiger partial charge on any atom is 0.256 e. The Balaban J connectivity index is 0.00000180. The number of aryl methyl sites for hydroxylation is 1. The minimum Gasteiger partial charge on any atom is -0.368 e. The summed E-state index contributed by atoms with van der Waals surface area (Å²) < 4.78 is 5.48. The number of aromatic nitrogens is 1. The molecule has 1 fully saturated rings. The number of anilines is 1. The van der Waals surface area contributed by atoms with Gasteiger partial charge in [0.25, 0.3) is 5.91 Å². The van der Waals surface area contributed by atoms with Crippen molar-refractivity contribution in [3.05, 3.63) is 24.0 Å². The smallest absolute Gasteiger partial charge is 0.256 e. The van der Waals surface area contributed by atoms with Crippen molar-refractivity contribution in [1.82, 2.24) is 10.3 Å². The first kappa shape index (κ1) is 19.1. The van der Waals surface area contributed by atoms with Crippen LogP contribution in [0, 0.1) is 6.92 Å². The lowest BCUT2D eigenvalue weighted by Gasteiger charge is -2.34. The number of ether oxygens (including phenoxy) is 1. The molecule has 0 aliphatic carbocycles. The quantitative estimate of drug-likeness (QED) is 0.893. The van der Waals surface area contributed by atoms with Gasteiger partial charge in [0.15, 0.2) is 0 Å². The van der Waals surface area contributed by atoms with E-state index >= 15 is 0 Å². The maximum atomic E-state index is 12.3. The standard InChI is InChI=1S/C13H19N3O2.2ClH/c1-10-9-11(3-6-15-10)16-12(17)13(18-2)4-7-14-8-5-13;;/h3,6,9,14H,4-5,7-8H2,1-2H3,(H,15,16,17);2*1H. The number of nitrogens with one attached hydrogen (secondary N) is 2. The highest BCUT2D eigenvalue weighted by Gasteiger charge is 2.39. The van der Waals surface area contributed by atoms with Crippen molar-refractivity contribution in [1.29, 1.82) is 0 Å². The van der Waals surface area contributed by atoms with E-state index in [9.17, 15) is 4.79 Å². The maximum absolute atomic E-state index is 12.3. The molecule has 0 saturated carbocycles. The average molecular weight is 322 g/mol. The van der Waals surface area contributed by atoms with Crippen molar-refractivity contribution in [3.63, 3.8) is 0 Å². The molecule has 0 spiro atoms. The van der Waals surface area contributed by atoms with Crippen molar-refractivity contribution in [3.8, 4) is 0 Å². The Labute approximate surface area is 131 Å². The molecule has 114 valence electrons. The highest BCUT2D eigenvalue weighted by Crippen LogP contribution is 2.24. The molecule has 1 aliphatic rings. The number of halogens is 2. The number of pyridine rings is 1. The molecule has 2 N–H and O–H groups in total. The Morgan fingerprint density at radius 3 is 2.60 bits per heavy atom. The number of rotatable bonds is 3. The van der Waals surface area contributed by atoms with Crippen molar-refractivity contribution >= 4 is 36.4 Å². The fourth-order valence-corrected chi connectivity index (χ4v) is 2.22. The molecule has 0 aromatic carbocycles. The number of piperidine rings is 1. The van der Waals surface area contributed by atoms with E-state index in [0.29, 0.717) is 12.8 Å². The summed E-state index contributed by atoms with van der Waals surface area (Å²) in [5.41, 5.74) is 0.939. The summed E-state index contributed by atoms with van der Waals surface area (Å²) in [5, 5.41) is 6.14. The van der Waals surface area contributed by atoms with Gasteiger partial charge in [-0.15, -0.1) is 24.8 Å². The van der Waals surface area contributed by atoms with Crippen molar-refractivity contribution < 1.29 is 9.53 Å². The Kier molecular flexibility index (Phi) is 8.05. The van der Waals surface area contributed by atoms with Crippen LogP contribution < -0.4 is 10.6 Å². The molecule has 0 bridgehead atoms. The molecule has 2 rings (SSSR count). The van der Waals surface area contributed by atoms with Crippen LogP contribution in [0.4, 0.5) is 5.69 Å². The second-order valence-corrected chi connectivity index (χ2v) is 4.59. The number of hydrogen-bond donors (Lipinski definition) is 2. The molecule has 1 amide bonds. The summed E-state index contributed by atoms with van der Waals surface area (Å²) in [6.45, 7) is 3.50. The van der Waals surface area contributed by atoms with Crippen molar-refractivity contribution in [2.45, 2.75) is 25.4 Å². The molecule has 1 aromatic rings. The van der Waals surface area contributed by atoms with Gasteiger partial charge in [-0.25, -0.2) is 0 Å². The van der Waals surface area contributed by atoms with E-state index in [1.54, 1.807) is 19.4 Å². The number of amides is 1. The van der Waals surface area contributed by atoms with Crippen LogP contribution in [0.3, 0.4) is 0 Å². The van der Waals surface area contributed by atoms with Gasteiger partial charge in [0, 0.05) is 24.7 Å². The minimum atomic E-state index is -0.706. The van der Waals surface area contributed by atoms with Crippen LogP contribution in [0.25, 0.3) is 0 Å². The molecule has 1 aliphatic heterocycles. The minimum absolute atomic E-state index is 0. The topological polar surface area (TPSA) is 63.2 Å². The van der Waals surface area contributed by atoms with Crippen LogP contribution >= 0.6 is 24.8 Å². The van der Waals surface area contributed by atoms with Gasteiger partial charge in [0.2, 0.25) is 0 Å². The largest absolute Gasteiger partial charge is 0.368 e. The monoisotopic (exact) mass is 321 g/mol. The van der Waals surface area contributed by atoms with Crippen LogP contribution in [0.2, 0.25) is 0 Å². The fourth-order valence-electron chi connectivity index (χ4n) is 2.22. The number of methoxy groups -OCH3 is 1. The Bertz CT molecular complexity index is 437. The predicted octanol–water partition coefficient (Wildman–Crippen LogP) is 1.94. The third-order valence-corrected chi connectivity index (χ3v) is 3.37. The summed E-state index contributed by atoms with van der Waals surface area (Å²) in [6.07, 6.45) is 3.08. The van der Waals surface area contributed by atoms with Crippen molar-refractivity contribution in [2.75, 3.05) is 25.5 Å². The summed E-state index contributed by atoms with van der Waals surface area (Å²) in [6, 6.07) is 3.64. The molecular weight excluding hydrogens is 301 g/mol. The van der Waals surface area contributed by atoms with E-state index in [1.165, 1.54) is 0 Å². The van der Waals surface area contributed by atoms with E-state index in [2.05, 4.69) is 15.6 Å². The Morgan fingerprint density at radius 1 is 1.40 bits per heavy atom. The Morgan fingerprint density at radius 2 is 2.05 bits per heavy atom. The van der Waals surface area contributed by atoms with Crippen LogP contribution in [-0.2, 0) is 9.53 Å². The first-order valence-corrected chi connectivity index (χ1v) is 6.16. The molecule has 1 saturated heterocycles. The molecule has 20 heavy (non-hydrogen) atoms. The number of nitrogens with zero attached hydrogens (tertiary/aromatic N) is 1.